The Kier molecular flexibility index (Phi) is 10.3. The van der Waals surface area contributed by atoms with Crippen molar-refractivity contribution in [2.24, 2.45) is 0 Å². The van der Waals surface area contributed by atoms with Crippen LogP contribution in [0.15, 0.2) is 83.3 Å². The number of nitrogens with zero attached hydrogens (tertiary/aromatic N) is 2. The molecule has 1 N–H and O–H groups in total. The van der Waals surface area contributed by atoms with Crippen molar-refractivity contribution in [1.82, 2.24) is 10.2 Å². The highest BCUT2D eigenvalue weighted by Crippen LogP contribution is 2.30. The number of ether oxygens (including phenoxy) is 1. The van der Waals surface area contributed by atoms with Gasteiger partial charge in [-0.1, -0.05) is 70.5 Å². The van der Waals surface area contributed by atoms with Gasteiger partial charge in [0, 0.05) is 24.0 Å². The number of para-hydroxylation sites is 2. The van der Waals surface area contributed by atoms with Gasteiger partial charge in [-0.05, 0) is 42.3 Å². The molecule has 0 radical (unpaired) electrons. The molecule has 0 aliphatic rings. The molecule has 0 unspecified atom stereocenters. The van der Waals surface area contributed by atoms with Crippen molar-refractivity contribution in [2.75, 3.05) is 30.8 Å². The van der Waals surface area contributed by atoms with E-state index in [9.17, 15) is 18.0 Å². The molecule has 38 heavy (non-hydrogen) atoms. The Hall–Kier alpha value is -3.37. The molecule has 0 aliphatic carbocycles. The third kappa shape index (κ3) is 7.82. The van der Waals surface area contributed by atoms with Gasteiger partial charge in [0.2, 0.25) is 21.8 Å². The molecule has 0 bridgehead atoms. The summed E-state index contributed by atoms with van der Waals surface area (Å²) in [4.78, 5) is 28.8. The maximum atomic E-state index is 14.0. The molecular formula is C28H32BrN3O5S. The van der Waals surface area contributed by atoms with Crippen LogP contribution in [0.5, 0.6) is 5.75 Å². The number of methoxy groups -OCH3 is 1. The number of carbonyl (C=O) groups excluding carboxylic acids is 2. The highest BCUT2D eigenvalue weighted by atomic mass is 79.9. The predicted octanol–water partition coefficient (Wildman–Crippen LogP) is 4.00. The van der Waals surface area contributed by atoms with E-state index < -0.39 is 28.5 Å². The number of carbonyl (C=O) groups is 2. The molecule has 0 spiro atoms. The minimum absolute atomic E-state index is 0.115. The first kappa shape index (κ1) is 29.2. The molecule has 0 aromatic heterocycles. The van der Waals surface area contributed by atoms with Gasteiger partial charge in [0.1, 0.15) is 18.3 Å². The van der Waals surface area contributed by atoms with Crippen molar-refractivity contribution < 1.29 is 22.7 Å². The molecule has 0 fully saturated rings. The van der Waals surface area contributed by atoms with Crippen molar-refractivity contribution in [3.8, 4) is 5.75 Å². The first-order valence-corrected chi connectivity index (χ1v) is 14.7. The first-order chi connectivity index (χ1) is 18.1. The Morgan fingerprint density at radius 1 is 0.947 bits per heavy atom. The van der Waals surface area contributed by atoms with E-state index in [1.54, 1.807) is 24.3 Å². The fraction of sp³-hybridized carbons (Fsp3) is 0.286. The Morgan fingerprint density at radius 2 is 1.58 bits per heavy atom. The topological polar surface area (TPSA) is 96.0 Å². The normalized spacial score (nSPS) is 11.9. The van der Waals surface area contributed by atoms with Crippen molar-refractivity contribution in [2.45, 2.75) is 25.9 Å². The summed E-state index contributed by atoms with van der Waals surface area (Å²) in [6.45, 7) is 1.82. The molecular weight excluding hydrogens is 570 g/mol. The molecule has 0 heterocycles. The fourth-order valence-electron chi connectivity index (χ4n) is 4.06. The zero-order chi connectivity index (χ0) is 27.7. The summed E-state index contributed by atoms with van der Waals surface area (Å²) in [5.74, 6) is -0.517. The van der Waals surface area contributed by atoms with E-state index in [1.807, 2.05) is 61.5 Å². The minimum atomic E-state index is -3.87. The van der Waals surface area contributed by atoms with Crippen LogP contribution in [0.1, 0.15) is 18.1 Å². The van der Waals surface area contributed by atoms with E-state index in [-0.39, 0.29) is 24.6 Å². The monoisotopic (exact) mass is 601 g/mol. The van der Waals surface area contributed by atoms with Gasteiger partial charge < -0.3 is 15.0 Å². The Labute approximate surface area is 232 Å². The van der Waals surface area contributed by atoms with E-state index >= 15 is 0 Å². The average Bonchev–Trinajstić information content (AvgIpc) is 2.90. The van der Waals surface area contributed by atoms with Crippen molar-refractivity contribution in [1.29, 1.82) is 0 Å². The summed E-state index contributed by atoms with van der Waals surface area (Å²) in [6, 6.07) is 22.6. The summed E-state index contributed by atoms with van der Waals surface area (Å²) < 4.78 is 33.0. The molecule has 0 saturated carbocycles. The SMILES string of the molecule is CCNC(=O)[C@@H](Cc1ccccc1)N(Cc1ccc(Br)cc1)C(=O)CN(c1ccccc1OC)S(C)(=O)=O. The number of hydrogen-bond acceptors (Lipinski definition) is 5. The van der Waals surface area contributed by atoms with Gasteiger partial charge in [-0.2, -0.15) is 0 Å². The van der Waals surface area contributed by atoms with Crippen LogP contribution in [0, 0.1) is 0 Å². The van der Waals surface area contributed by atoms with Gasteiger partial charge in [0.15, 0.2) is 0 Å². The van der Waals surface area contributed by atoms with Gasteiger partial charge >= 0.3 is 0 Å². The molecule has 1 atom stereocenters. The van der Waals surface area contributed by atoms with Gasteiger partial charge in [-0.15, -0.1) is 0 Å². The van der Waals surface area contributed by atoms with E-state index in [0.717, 1.165) is 26.2 Å². The Bertz CT molecular complexity index is 1330. The van der Waals surface area contributed by atoms with Crippen molar-refractivity contribution in [3.05, 3.63) is 94.5 Å². The number of nitrogens with one attached hydrogen (secondary N) is 1. The molecule has 8 nitrogen and oxygen atoms in total. The molecule has 10 heteroatoms. The Morgan fingerprint density at radius 3 is 2.18 bits per heavy atom. The second kappa shape index (κ2) is 13.4. The summed E-state index contributed by atoms with van der Waals surface area (Å²) in [6.07, 6.45) is 1.31. The molecule has 3 aromatic rings. The lowest BCUT2D eigenvalue weighted by atomic mass is 10.0. The number of halogens is 1. The number of amides is 2. The van der Waals surface area contributed by atoms with Crippen molar-refractivity contribution >= 4 is 43.5 Å². The average molecular weight is 603 g/mol. The highest BCUT2D eigenvalue weighted by molar-refractivity contribution is 9.10. The first-order valence-electron chi connectivity index (χ1n) is 12.1. The van der Waals surface area contributed by atoms with Gasteiger partial charge in [0.25, 0.3) is 0 Å². The van der Waals surface area contributed by atoms with Crippen LogP contribution in [0.3, 0.4) is 0 Å². The molecule has 0 saturated heterocycles. The number of likely N-dealkylation sites (N-methyl/N-ethyl adjacent to an activating group) is 1. The van der Waals surface area contributed by atoms with Crippen LogP contribution < -0.4 is 14.4 Å². The van der Waals surface area contributed by atoms with Crippen LogP contribution in [0.2, 0.25) is 0 Å². The van der Waals surface area contributed by atoms with E-state index in [4.69, 9.17) is 4.74 Å². The molecule has 202 valence electrons. The third-order valence-corrected chi connectivity index (χ3v) is 7.58. The van der Waals surface area contributed by atoms with Crippen molar-refractivity contribution in [3.63, 3.8) is 0 Å². The smallest absolute Gasteiger partial charge is 0.244 e. The number of sulfonamides is 1. The second-order valence-corrected chi connectivity index (χ2v) is 11.5. The molecule has 2 amide bonds. The summed E-state index contributed by atoms with van der Waals surface area (Å²) in [7, 11) is -2.44. The lowest BCUT2D eigenvalue weighted by molar-refractivity contribution is -0.140. The predicted molar refractivity (Wildman–Crippen MR) is 152 cm³/mol. The van der Waals surface area contributed by atoms with Gasteiger partial charge in [-0.3, -0.25) is 13.9 Å². The third-order valence-electron chi connectivity index (χ3n) is 5.92. The second-order valence-electron chi connectivity index (χ2n) is 8.69. The summed E-state index contributed by atoms with van der Waals surface area (Å²) >= 11 is 3.42. The summed E-state index contributed by atoms with van der Waals surface area (Å²) in [5.41, 5.74) is 1.92. The quantitative estimate of drug-likeness (QED) is 0.338. The summed E-state index contributed by atoms with van der Waals surface area (Å²) in [5, 5.41) is 2.84. The standard InChI is InChI=1S/C28H32BrN3O5S/c1-4-30-28(34)25(18-21-10-6-5-7-11-21)31(19-22-14-16-23(29)17-15-22)27(33)20-32(38(3,35)36)24-12-8-9-13-26(24)37-2/h5-17,25H,4,18-20H2,1-3H3,(H,30,34)/t25-/m1/s1. The van der Waals surface area contributed by atoms with Crippen LogP contribution in [0.25, 0.3) is 0 Å². The maximum absolute atomic E-state index is 14.0. The number of anilines is 1. The van der Waals surface area contributed by atoms with Crippen LogP contribution in [-0.4, -0.2) is 57.6 Å². The van der Waals surface area contributed by atoms with E-state index in [0.29, 0.717) is 12.3 Å². The molecule has 3 rings (SSSR count). The lowest BCUT2D eigenvalue weighted by Gasteiger charge is -2.33. The fourth-order valence-corrected chi connectivity index (χ4v) is 5.18. The zero-order valence-electron chi connectivity index (χ0n) is 21.6. The van der Waals surface area contributed by atoms with E-state index in [1.165, 1.54) is 12.0 Å². The Balaban J connectivity index is 2.05. The highest BCUT2D eigenvalue weighted by Gasteiger charge is 2.33. The van der Waals surface area contributed by atoms with Gasteiger partial charge in [0.05, 0.1) is 19.1 Å². The van der Waals surface area contributed by atoms with Crippen LogP contribution in [0.4, 0.5) is 5.69 Å². The molecule has 3 aromatic carbocycles. The molecule has 0 aliphatic heterocycles. The number of hydrogen-bond donors (Lipinski definition) is 1. The van der Waals surface area contributed by atoms with E-state index in [2.05, 4.69) is 21.2 Å². The zero-order valence-corrected chi connectivity index (χ0v) is 24.0. The maximum Gasteiger partial charge on any atom is 0.244 e. The largest absolute Gasteiger partial charge is 0.495 e. The number of benzene rings is 3. The van der Waals surface area contributed by atoms with Crippen LogP contribution >= 0.6 is 15.9 Å². The minimum Gasteiger partial charge on any atom is -0.495 e. The number of rotatable bonds is 12. The van der Waals surface area contributed by atoms with Crippen LogP contribution in [-0.2, 0) is 32.6 Å². The van der Waals surface area contributed by atoms with Gasteiger partial charge in [-0.25, -0.2) is 8.42 Å². The lowest BCUT2D eigenvalue weighted by Crippen LogP contribution is -2.53.